The van der Waals surface area contributed by atoms with Gasteiger partial charge in [0.15, 0.2) is 0 Å². The molecule has 0 nitrogen and oxygen atoms in total. The fourth-order valence-corrected chi connectivity index (χ4v) is 11.0. The molecule has 0 heterocycles. The molecule has 1 spiro atoms. The van der Waals surface area contributed by atoms with Crippen molar-refractivity contribution in [1.82, 2.24) is 0 Å². The minimum atomic E-state index is 0.334. The van der Waals surface area contributed by atoms with Crippen molar-refractivity contribution in [3.63, 3.8) is 0 Å². The minimum Gasteiger partial charge on any atom is -0.120 e. The lowest BCUT2D eigenvalue weighted by Gasteiger charge is -2.88. The van der Waals surface area contributed by atoms with E-state index in [1.807, 2.05) is 0 Å². The molecule has 10 aliphatic rings. The third kappa shape index (κ3) is 0.805. The SMILES string of the molecule is C#CC12CC3C4CC5C6CC7CC5C(C)(C4C1)C(C7)(C2)C63. The zero-order valence-corrected chi connectivity index (χ0v) is 13.1. The van der Waals surface area contributed by atoms with Gasteiger partial charge >= 0.3 is 0 Å². The van der Waals surface area contributed by atoms with Crippen molar-refractivity contribution in [2.75, 3.05) is 0 Å². The molecule has 0 amide bonds. The molecule has 10 rings (SSSR count). The summed E-state index contributed by atoms with van der Waals surface area (Å²) >= 11 is 0. The summed E-state index contributed by atoms with van der Waals surface area (Å²) in [6.07, 6.45) is 16.8. The van der Waals surface area contributed by atoms with Gasteiger partial charge in [-0.3, -0.25) is 0 Å². The van der Waals surface area contributed by atoms with E-state index in [9.17, 15) is 0 Å². The van der Waals surface area contributed by atoms with Crippen LogP contribution in [0.15, 0.2) is 0 Å². The Bertz CT molecular complexity index is 626. The molecule has 0 aliphatic heterocycles. The average molecular weight is 278 g/mol. The van der Waals surface area contributed by atoms with Crippen molar-refractivity contribution >= 4 is 0 Å². The van der Waals surface area contributed by atoms with Gasteiger partial charge in [-0.15, -0.1) is 6.42 Å². The van der Waals surface area contributed by atoms with Gasteiger partial charge in [-0.1, -0.05) is 12.8 Å². The summed E-state index contributed by atoms with van der Waals surface area (Å²) in [5.41, 5.74) is 1.74. The monoisotopic (exact) mass is 278 g/mol. The van der Waals surface area contributed by atoms with Gasteiger partial charge < -0.3 is 0 Å². The standard InChI is InChI=1S/C21H26/c1-3-20-8-15-13-6-12-14-4-11-5-16(12)19(2,17(13)9-20)21(7-11,10-20)18(14)15/h1,11-18H,4-10H2,2H3. The molecule has 10 saturated carbocycles. The molecule has 110 valence electrons. The first-order valence-electron chi connectivity index (χ1n) is 9.60. The van der Waals surface area contributed by atoms with Crippen LogP contribution in [-0.2, 0) is 0 Å². The van der Waals surface area contributed by atoms with Crippen LogP contribution in [0, 0.1) is 75.9 Å². The number of terminal acetylenes is 1. The van der Waals surface area contributed by atoms with Gasteiger partial charge in [0, 0.05) is 5.41 Å². The third-order valence-corrected chi connectivity index (χ3v) is 10.9. The van der Waals surface area contributed by atoms with E-state index in [2.05, 4.69) is 12.8 Å². The first kappa shape index (κ1) is 11.2. The van der Waals surface area contributed by atoms with E-state index >= 15 is 0 Å². The Labute approximate surface area is 128 Å². The second kappa shape index (κ2) is 2.74. The summed E-state index contributed by atoms with van der Waals surface area (Å²) in [7, 11) is 0. The van der Waals surface area contributed by atoms with Crippen LogP contribution in [-0.4, -0.2) is 0 Å². The molecule has 10 aliphatic carbocycles. The Balaban J connectivity index is 1.57. The molecule has 11 atom stereocenters. The number of rotatable bonds is 0. The molecule has 11 bridgehead atoms. The van der Waals surface area contributed by atoms with Crippen molar-refractivity contribution in [2.45, 2.75) is 51.9 Å². The summed E-state index contributed by atoms with van der Waals surface area (Å²) in [6, 6.07) is 0. The van der Waals surface area contributed by atoms with Gasteiger partial charge in [-0.2, -0.15) is 0 Å². The molecule has 0 aromatic heterocycles. The van der Waals surface area contributed by atoms with Crippen molar-refractivity contribution in [3.8, 4) is 12.3 Å². The van der Waals surface area contributed by atoms with Crippen molar-refractivity contribution in [2.24, 2.45) is 63.6 Å². The molecule has 11 unspecified atom stereocenters. The van der Waals surface area contributed by atoms with Gasteiger partial charge in [0.25, 0.3) is 0 Å². The van der Waals surface area contributed by atoms with Crippen LogP contribution < -0.4 is 0 Å². The maximum absolute atomic E-state index is 6.14. The Morgan fingerprint density at radius 3 is 2.62 bits per heavy atom. The van der Waals surface area contributed by atoms with E-state index in [1.54, 1.807) is 25.7 Å². The van der Waals surface area contributed by atoms with Gasteiger partial charge in [-0.05, 0) is 103 Å². The van der Waals surface area contributed by atoms with Crippen LogP contribution in [0.3, 0.4) is 0 Å². The molecule has 0 heteroatoms. The summed E-state index contributed by atoms with van der Waals surface area (Å²) in [5, 5.41) is 0. The van der Waals surface area contributed by atoms with E-state index in [-0.39, 0.29) is 0 Å². The molecule has 10 fully saturated rings. The van der Waals surface area contributed by atoms with E-state index in [0.29, 0.717) is 16.2 Å². The molecule has 0 radical (unpaired) electrons. The zero-order chi connectivity index (χ0) is 13.8. The molecule has 0 saturated heterocycles. The lowest BCUT2D eigenvalue weighted by atomic mass is 9.16. The lowest BCUT2D eigenvalue weighted by Crippen LogP contribution is -2.82. The van der Waals surface area contributed by atoms with E-state index < -0.39 is 0 Å². The quantitative estimate of drug-likeness (QED) is 0.578. The van der Waals surface area contributed by atoms with Gasteiger partial charge in [0.05, 0.1) is 0 Å². The van der Waals surface area contributed by atoms with E-state index in [4.69, 9.17) is 6.42 Å². The molecule has 21 heavy (non-hydrogen) atoms. The number of hydrogen-bond acceptors (Lipinski definition) is 0. The van der Waals surface area contributed by atoms with E-state index in [0.717, 1.165) is 47.3 Å². The maximum atomic E-state index is 6.14. The van der Waals surface area contributed by atoms with Crippen LogP contribution in [0.25, 0.3) is 0 Å². The zero-order valence-electron chi connectivity index (χ0n) is 13.1. The largest absolute Gasteiger partial charge is 0.120 e. The van der Waals surface area contributed by atoms with Crippen molar-refractivity contribution in [1.29, 1.82) is 0 Å². The van der Waals surface area contributed by atoms with Gasteiger partial charge in [-0.25, -0.2) is 0 Å². The fourth-order valence-electron chi connectivity index (χ4n) is 11.0. The Morgan fingerprint density at radius 2 is 1.76 bits per heavy atom. The fraction of sp³-hybridized carbons (Fsp3) is 0.905. The van der Waals surface area contributed by atoms with Crippen LogP contribution in [0.4, 0.5) is 0 Å². The molecular weight excluding hydrogens is 252 g/mol. The van der Waals surface area contributed by atoms with Crippen molar-refractivity contribution in [3.05, 3.63) is 0 Å². The van der Waals surface area contributed by atoms with Crippen LogP contribution in [0.1, 0.15) is 51.9 Å². The molecule has 0 N–H and O–H groups in total. The summed E-state index contributed by atoms with van der Waals surface area (Å²) < 4.78 is 0. The highest BCUT2D eigenvalue weighted by Crippen LogP contribution is 2.90. The topological polar surface area (TPSA) is 0 Å². The summed E-state index contributed by atoms with van der Waals surface area (Å²) in [4.78, 5) is 0. The minimum absolute atomic E-state index is 0.334. The number of hydrogen-bond donors (Lipinski definition) is 0. The highest BCUT2D eigenvalue weighted by molar-refractivity contribution is 5.34. The highest BCUT2D eigenvalue weighted by atomic mass is 14.9. The normalized spacial score (nSPS) is 77.0. The second-order valence-corrected chi connectivity index (χ2v) is 10.6. The van der Waals surface area contributed by atoms with Crippen LogP contribution in [0.2, 0.25) is 0 Å². The average Bonchev–Trinajstić information content (AvgIpc) is 2.48. The highest BCUT2D eigenvalue weighted by Gasteiger charge is 2.84. The van der Waals surface area contributed by atoms with Crippen molar-refractivity contribution < 1.29 is 0 Å². The maximum Gasteiger partial charge on any atom is 0.0323 e. The molecule has 0 aromatic carbocycles. The first-order valence-corrected chi connectivity index (χ1v) is 9.60. The first-order chi connectivity index (χ1) is 10.1. The lowest BCUT2D eigenvalue weighted by molar-refractivity contribution is -0.396. The van der Waals surface area contributed by atoms with E-state index in [1.165, 1.54) is 19.3 Å². The van der Waals surface area contributed by atoms with Gasteiger partial charge in [0.2, 0.25) is 0 Å². The molecular formula is C21H26. The smallest absolute Gasteiger partial charge is 0.0323 e. The Morgan fingerprint density at radius 1 is 0.905 bits per heavy atom. The van der Waals surface area contributed by atoms with Gasteiger partial charge in [0.1, 0.15) is 0 Å². The Kier molecular flexibility index (Phi) is 1.46. The predicted octanol–water partition coefficient (Wildman–Crippen LogP) is 4.35. The second-order valence-electron chi connectivity index (χ2n) is 10.6. The van der Waals surface area contributed by atoms with Crippen LogP contribution in [0.5, 0.6) is 0 Å². The summed E-state index contributed by atoms with van der Waals surface area (Å²) in [6.45, 7) is 2.77. The van der Waals surface area contributed by atoms with Crippen LogP contribution >= 0.6 is 0 Å². The predicted molar refractivity (Wildman–Crippen MR) is 82.0 cm³/mol. The summed E-state index contributed by atoms with van der Waals surface area (Å²) in [5.74, 6) is 12.1. The Hall–Kier alpha value is -0.440. The molecule has 0 aromatic rings. The third-order valence-electron chi connectivity index (χ3n) is 10.9.